The van der Waals surface area contributed by atoms with Gasteiger partial charge in [-0.15, -0.1) is 0 Å². The van der Waals surface area contributed by atoms with Gasteiger partial charge >= 0.3 is 0 Å². The molecule has 0 radical (unpaired) electrons. The first-order chi connectivity index (χ1) is 12.7. The Morgan fingerprint density at radius 2 is 1.88 bits per heavy atom. The van der Waals surface area contributed by atoms with Crippen molar-refractivity contribution in [2.24, 2.45) is 5.41 Å². The van der Waals surface area contributed by atoms with E-state index in [-0.39, 0.29) is 11.3 Å². The van der Waals surface area contributed by atoms with Crippen molar-refractivity contribution in [1.29, 1.82) is 0 Å². The molecule has 2 fully saturated rings. The molecule has 1 unspecified atom stereocenters. The maximum atomic E-state index is 12.8. The lowest BCUT2D eigenvalue weighted by molar-refractivity contribution is 0.0110. The molecule has 2 aromatic rings. The molecular formula is C20H25N5O. The molecule has 1 atom stereocenters. The van der Waals surface area contributed by atoms with E-state index in [1.807, 2.05) is 23.2 Å². The number of likely N-dealkylation sites (tertiary alicyclic amines) is 2. The Morgan fingerprint density at radius 3 is 2.65 bits per heavy atom. The summed E-state index contributed by atoms with van der Waals surface area (Å²) in [5, 5.41) is 0. The number of piperidine rings is 2. The van der Waals surface area contributed by atoms with Crippen LogP contribution in [0.2, 0.25) is 0 Å². The summed E-state index contributed by atoms with van der Waals surface area (Å²) >= 11 is 0. The maximum Gasteiger partial charge on any atom is 0.257 e. The summed E-state index contributed by atoms with van der Waals surface area (Å²) < 4.78 is 0. The number of nitrogens with zero attached hydrogens (tertiary/aromatic N) is 5. The van der Waals surface area contributed by atoms with E-state index < -0.39 is 0 Å². The van der Waals surface area contributed by atoms with E-state index in [1.54, 1.807) is 12.4 Å². The fourth-order valence-corrected chi connectivity index (χ4v) is 4.47. The maximum absolute atomic E-state index is 12.8. The van der Waals surface area contributed by atoms with Gasteiger partial charge in [-0.05, 0) is 44.4 Å². The zero-order valence-corrected chi connectivity index (χ0v) is 15.0. The number of amides is 1. The van der Waals surface area contributed by atoms with Gasteiger partial charge < -0.3 is 4.90 Å². The highest BCUT2D eigenvalue weighted by atomic mass is 16.2. The summed E-state index contributed by atoms with van der Waals surface area (Å²) in [6.07, 6.45) is 11.2. The van der Waals surface area contributed by atoms with E-state index in [0.29, 0.717) is 5.56 Å². The zero-order chi connectivity index (χ0) is 17.8. The summed E-state index contributed by atoms with van der Waals surface area (Å²) in [5.74, 6) is 0.0616. The minimum absolute atomic E-state index is 0.0616. The molecule has 1 spiro atoms. The van der Waals surface area contributed by atoms with Crippen LogP contribution in [0.25, 0.3) is 0 Å². The number of carbonyl (C=O) groups excluding carboxylic acids is 1. The first-order valence-electron chi connectivity index (χ1n) is 9.41. The van der Waals surface area contributed by atoms with Crippen molar-refractivity contribution in [3.8, 4) is 0 Å². The predicted octanol–water partition coefficient (Wildman–Crippen LogP) is 2.39. The van der Waals surface area contributed by atoms with E-state index in [9.17, 15) is 4.79 Å². The average molecular weight is 351 g/mol. The topological polar surface area (TPSA) is 62.2 Å². The van der Waals surface area contributed by atoms with Gasteiger partial charge in [-0.1, -0.05) is 6.07 Å². The molecule has 2 aromatic heterocycles. The van der Waals surface area contributed by atoms with Gasteiger partial charge in [0.1, 0.15) is 6.33 Å². The average Bonchev–Trinajstić information content (AvgIpc) is 2.69. The fourth-order valence-electron chi connectivity index (χ4n) is 4.47. The molecule has 0 N–H and O–H groups in total. The molecule has 0 aliphatic carbocycles. The number of rotatable bonds is 3. The summed E-state index contributed by atoms with van der Waals surface area (Å²) in [4.78, 5) is 29.8. The summed E-state index contributed by atoms with van der Waals surface area (Å²) in [6.45, 7) is 4.70. The zero-order valence-electron chi connectivity index (χ0n) is 15.0. The molecule has 2 aliphatic heterocycles. The molecule has 4 heterocycles. The Bertz CT molecular complexity index is 734. The minimum Gasteiger partial charge on any atom is -0.338 e. The smallest absolute Gasteiger partial charge is 0.257 e. The van der Waals surface area contributed by atoms with Crippen molar-refractivity contribution in [1.82, 2.24) is 24.8 Å². The lowest BCUT2D eigenvalue weighted by atomic mass is 9.73. The Kier molecular flexibility index (Phi) is 4.93. The minimum atomic E-state index is 0.0616. The standard InChI is InChI=1S/C20H25N5O/c26-19(17-11-21-16-22-12-17)25-10-4-7-20(15-25)6-3-9-24(14-20)13-18-5-1-2-8-23-18/h1-2,5,8,11-12,16H,3-4,6-7,9-10,13-15H2. The molecule has 2 saturated heterocycles. The number of hydrogen-bond acceptors (Lipinski definition) is 5. The van der Waals surface area contributed by atoms with Crippen molar-refractivity contribution in [2.75, 3.05) is 26.2 Å². The van der Waals surface area contributed by atoms with Gasteiger partial charge in [-0.2, -0.15) is 0 Å². The molecule has 6 nitrogen and oxygen atoms in total. The Labute approximate surface area is 154 Å². The first-order valence-corrected chi connectivity index (χ1v) is 9.41. The van der Waals surface area contributed by atoms with Gasteiger partial charge in [0.15, 0.2) is 0 Å². The van der Waals surface area contributed by atoms with E-state index >= 15 is 0 Å². The van der Waals surface area contributed by atoms with Gasteiger partial charge in [-0.3, -0.25) is 14.7 Å². The van der Waals surface area contributed by atoms with Crippen LogP contribution < -0.4 is 0 Å². The van der Waals surface area contributed by atoms with Gasteiger partial charge in [-0.25, -0.2) is 9.97 Å². The van der Waals surface area contributed by atoms with E-state index in [1.165, 1.54) is 25.6 Å². The van der Waals surface area contributed by atoms with Crippen molar-refractivity contribution in [2.45, 2.75) is 32.2 Å². The molecule has 4 rings (SSSR count). The SMILES string of the molecule is O=C(c1cncnc1)N1CCCC2(CCCN(Cc3ccccn3)C2)C1. The van der Waals surface area contributed by atoms with Crippen molar-refractivity contribution in [3.63, 3.8) is 0 Å². The lowest BCUT2D eigenvalue weighted by Crippen LogP contribution is -2.53. The van der Waals surface area contributed by atoms with Crippen molar-refractivity contribution < 1.29 is 4.79 Å². The molecule has 26 heavy (non-hydrogen) atoms. The quantitative estimate of drug-likeness (QED) is 0.850. The third kappa shape index (κ3) is 3.75. The molecule has 0 saturated carbocycles. The number of carbonyl (C=O) groups is 1. The summed E-state index contributed by atoms with van der Waals surface area (Å²) in [6, 6.07) is 6.09. The van der Waals surface area contributed by atoms with Crippen LogP contribution in [0.1, 0.15) is 41.7 Å². The summed E-state index contributed by atoms with van der Waals surface area (Å²) in [5.41, 5.74) is 1.91. The number of aromatic nitrogens is 3. The Balaban J connectivity index is 1.44. The monoisotopic (exact) mass is 351 g/mol. The van der Waals surface area contributed by atoms with Crippen LogP contribution in [0.5, 0.6) is 0 Å². The lowest BCUT2D eigenvalue weighted by Gasteiger charge is -2.48. The molecule has 6 heteroatoms. The first kappa shape index (κ1) is 17.1. The Hall–Kier alpha value is -2.34. The molecular weight excluding hydrogens is 326 g/mol. The van der Waals surface area contributed by atoms with Crippen LogP contribution in [0, 0.1) is 5.41 Å². The van der Waals surface area contributed by atoms with Crippen LogP contribution in [-0.4, -0.2) is 56.8 Å². The largest absolute Gasteiger partial charge is 0.338 e. The predicted molar refractivity (Wildman–Crippen MR) is 98.4 cm³/mol. The van der Waals surface area contributed by atoms with Crippen LogP contribution in [0.15, 0.2) is 43.1 Å². The van der Waals surface area contributed by atoms with E-state index in [0.717, 1.165) is 44.8 Å². The third-order valence-corrected chi connectivity index (χ3v) is 5.61. The molecule has 0 aromatic carbocycles. The second-order valence-electron chi connectivity index (χ2n) is 7.59. The highest BCUT2D eigenvalue weighted by Gasteiger charge is 2.40. The number of hydrogen-bond donors (Lipinski definition) is 0. The normalized spacial score (nSPS) is 23.9. The van der Waals surface area contributed by atoms with Crippen LogP contribution in [0.4, 0.5) is 0 Å². The van der Waals surface area contributed by atoms with Gasteiger partial charge in [0.2, 0.25) is 0 Å². The van der Waals surface area contributed by atoms with E-state index in [2.05, 4.69) is 25.9 Å². The van der Waals surface area contributed by atoms with Gasteiger partial charge in [0.25, 0.3) is 5.91 Å². The highest BCUT2D eigenvalue weighted by Crippen LogP contribution is 2.39. The third-order valence-electron chi connectivity index (χ3n) is 5.61. The Morgan fingerprint density at radius 1 is 1.08 bits per heavy atom. The van der Waals surface area contributed by atoms with Gasteiger partial charge in [0, 0.05) is 50.2 Å². The second kappa shape index (κ2) is 7.50. The van der Waals surface area contributed by atoms with Crippen molar-refractivity contribution >= 4 is 5.91 Å². The van der Waals surface area contributed by atoms with Crippen LogP contribution in [0.3, 0.4) is 0 Å². The van der Waals surface area contributed by atoms with Gasteiger partial charge in [0.05, 0.1) is 11.3 Å². The fraction of sp³-hybridized carbons (Fsp3) is 0.500. The van der Waals surface area contributed by atoms with E-state index in [4.69, 9.17) is 0 Å². The molecule has 2 aliphatic rings. The molecule has 1 amide bonds. The second-order valence-corrected chi connectivity index (χ2v) is 7.59. The summed E-state index contributed by atoms with van der Waals surface area (Å²) in [7, 11) is 0. The highest BCUT2D eigenvalue weighted by molar-refractivity contribution is 5.93. The number of pyridine rings is 1. The molecule has 136 valence electrons. The van der Waals surface area contributed by atoms with Crippen LogP contribution in [-0.2, 0) is 6.54 Å². The van der Waals surface area contributed by atoms with Crippen molar-refractivity contribution in [3.05, 3.63) is 54.4 Å². The molecule has 0 bridgehead atoms. The van der Waals surface area contributed by atoms with Crippen LogP contribution >= 0.6 is 0 Å².